The number of ether oxygens (including phenoxy) is 2. The summed E-state index contributed by atoms with van der Waals surface area (Å²) in [5, 5.41) is 9.53. The molecule has 1 heterocycles. The first-order valence-corrected chi connectivity index (χ1v) is 6.08. The van der Waals surface area contributed by atoms with Crippen molar-refractivity contribution in [3.63, 3.8) is 0 Å². The van der Waals surface area contributed by atoms with Crippen molar-refractivity contribution >= 4 is 0 Å². The van der Waals surface area contributed by atoms with Gasteiger partial charge < -0.3 is 19.5 Å². The largest absolute Gasteiger partial charge is 0.396 e. The first-order valence-electron chi connectivity index (χ1n) is 6.08. The highest BCUT2D eigenvalue weighted by Gasteiger charge is 2.33. The zero-order chi connectivity index (χ0) is 11.9. The maximum absolute atomic E-state index is 9.53. The Morgan fingerprint density at radius 1 is 1.50 bits per heavy atom. The summed E-state index contributed by atoms with van der Waals surface area (Å²) in [6, 6.07) is 0. The third-order valence-corrected chi connectivity index (χ3v) is 3.23. The SMILES string of the molecule is COCCCN(C)CC1(CO)CCCOC1. The van der Waals surface area contributed by atoms with Crippen LogP contribution in [0.1, 0.15) is 19.3 Å². The number of aliphatic hydroxyl groups is 1. The van der Waals surface area contributed by atoms with Crippen LogP contribution in [0.3, 0.4) is 0 Å². The zero-order valence-electron chi connectivity index (χ0n) is 10.6. The van der Waals surface area contributed by atoms with E-state index in [-0.39, 0.29) is 12.0 Å². The second kappa shape index (κ2) is 7.22. The number of rotatable bonds is 7. The van der Waals surface area contributed by atoms with Gasteiger partial charge in [0.15, 0.2) is 0 Å². The topological polar surface area (TPSA) is 41.9 Å². The third kappa shape index (κ3) is 4.37. The van der Waals surface area contributed by atoms with Crippen LogP contribution in [-0.2, 0) is 9.47 Å². The van der Waals surface area contributed by atoms with Gasteiger partial charge in [0, 0.05) is 38.8 Å². The predicted molar refractivity (Wildman–Crippen MR) is 63.6 cm³/mol. The minimum absolute atomic E-state index is 0.0416. The van der Waals surface area contributed by atoms with Crippen LogP contribution in [0.25, 0.3) is 0 Å². The molecule has 1 rings (SSSR count). The van der Waals surface area contributed by atoms with Crippen molar-refractivity contribution in [2.45, 2.75) is 19.3 Å². The number of hydrogen-bond donors (Lipinski definition) is 1. The Labute approximate surface area is 98.5 Å². The van der Waals surface area contributed by atoms with Crippen LogP contribution in [0.15, 0.2) is 0 Å². The molecule has 1 atom stereocenters. The highest BCUT2D eigenvalue weighted by atomic mass is 16.5. The summed E-state index contributed by atoms with van der Waals surface area (Å²) in [5.74, 6) is 0. The van der Waals surface area contributed by atoms with E-state index >= 15 is 0 Å². The van der Waals surface area contributed by atoms with Crippen molar-refractivity contribution in [1.82, 2.24) is 4.90 Å². The molecule has 1 fully saturated rings. The second-order valence-corrected chi connectivity index (χ2v) is 4.90. The smallest absolute Gasteiger partial charge is 0.0556 e. The van der Waals surface area contributed by atoms with Gasteiger partial charge in [0.1, 0.15) is 0 Å². The van der Waals surface area contributed by atoms with Crippen LogP contribution >= 0.6 is 0 Å². The van der Waals surface area contributed by atoms with E-state index in [2.05, 4.69) is 11.9 Å². The van der Waals surface area contributed by atoms with E-state index < -0.39 is 0 Å². The van der Waals surface area contributed by atoms with E-state index in [0.29, 0.717) is 6.61 Å². The fourth-order valence-electron chi connectivity index (χ4n) is 2.34. The maximum atomic E-state index is 9.53. The standard InChI is InChI=1S/C12H25NO3/c1-13(6-4-7-15-2)9-12(10-14)5-3-8-16-11-12/h14H,3-11H2,1-2H3. The predicted octanol–water partition coefficient (Wildman–Crippen LogP) is 0.744. The van der Waals surface area contributed by atoms with Crippen LogP contribution in [0, 0.1) is 5.41 Å². The van der Waals surface area contributed by atoms with Gasteiger partial charge in [0.2, 0.25) is 0 Å². The van der Waals surface area contributed by atoms with Crippen molar-refractivity contribution in [2.75, 3.05) is 53.7 Å². The molecule has 0 aromatic carbocycles. The zero-order valence-corrected chi connectivity index (χ0v) is 10.6. The Morgan fingerprint density at radius 3 is 2.88 bits per heavy atom. The van der Waals surface area contributed by atoms with E-state index in [1.807, 2.05) is 0 Å². The van der Waals surface area contributed by atoms with E-state index in [4.69, 9.17) is 9.47 Å². The van der Waals surface area contributed by atoms with Crippen LogP contribution in [0.5, 0.6) is 0 Å². The lowest BCUT2D eigenvalue weighted by atomic mass is 9.83. The number of hydrogen-bond acceptors (Lipinski definition) is 4. The van der Waals surface area contributed by atoms with Crippen molar-refractivity contribution in [3.05, 3.63) is 0 Å². The summed E-state index contributed by atoms with van der Waals surface area (Å²) in [5.41, 5.74) is -0.0416. The average molecular weight is 231 g/mol. The molecule has 0 aromatic rings. The lowest BCUT2D eigenvalue weighted by molar-refractivity contribution is -0.0526. The number of aliphatic hydroxyl groups excluding tert-OH is 1. The van der Waals surface area contributed by atoms with Crippen LogP contribution in [-0.4, -0.2) is 63.7 Å². The first-order chi connectivity index (χ1) is 7.72. The van der Waals surface area contributed by atoms with E-state index in [1.54, 1.807) is 7.11 Å². The van der Waals surface area contributed by atoms with Gasteiger partial charge >= 0.3 is 0 Å². The van der Waals surface area contributed by atoms with Crippen LogP contribution in [0.4, 0.5) is 0 Å². The second-order valence-electron chi connectivity index (χ2n) is 4.90. The molecule has 1 aliphatic heterocycles. The summed E-state index contributed by atoms with van der Waals surface area (Å²) < 4.78 is 10.5. The minimum Gasteiger partial charge on any atom is -0.396 e. The number of methoxy groups -OCH3 is 1. The Kier molecular flexibility index (Phi) is 6.28. The molecule has 0 aromatic heterocycles. The maximum Gasteiger partial charge on any atom is 0.0556 e. The minimum atomic E-state index is -0.0416. The molecule has 4 nitrogen and oxygen atoms in total. The molecule has 16 heavy (non-hydrogen) atoms. The molecule has 0 amide bonds. The summed E-state index contributed by atoms with van der Waals surface area (Å²) in [6.45, 7) is 4.48. The monoisotopic (exact) mass is 231 g/mol. The van der Waals surface area contributed by atoms with Gasteiger partial charge in [-0.15, -0.1) is 0 Å². The Morgan fingerprint density at radius 2 is 2.31 bits per heavy atom. The van der Waals surface area contributed by atoms with Gasteiger partial charge in [0.05, 0.1) is 13.2 Å². The van der Waals surface area contributed by atoms with Crippen LogP contribution in [0.2, 0.25) is 0 Å². The van der Waals surface area contributed by atoms with E-state index in [0.717, 1.165) is 45.6 Å². The molecule has 0 bridgehead atoms. The highest BCUT2D eigenvalue weighted by molar-refractivity contribution is 4.83. The lowest BCUT2D eigenvalue weighted by Gasteiger charge is -2.38. The van der Waals surface area contributed by atoms with Crippen molar-refractivity contribution in [2.24, 2.45) is 5.41 Å². The first kappa shape index (κ1) is 13.9. The summed E-state index contributed by atoms with van der Waals surface area (Å²) in [7, 11) is 3.83. The summed E-state index contributed by atoms with van der Waals surface area (Å²) in [4.78, 5) is 2.27. The normalized spacial score (nSPS) is 26.2. The summed E-state index contributed by atoms with van der Waals surface area (Å²) in [6.07, 6.45) is 3.17. The molecular weight excluding hydrogens is 206 g/mol. The molecular formula is C12H25NO3. The van der Waals surface area contributed by atoms with Gasteiger partial charge in [-0.25, -0.2) is 0 Å². The molecule has 1 aliphatic rings. The molecule has 96 valence electrons. The molecule has 4 heteroatoms. The van der Waals surface area contributed by atoms with Gasteiger partial charge in [-0.05, 0) is 26.3 Å². The molecule has 1 N–H and O–H groups in total. The lowest BCUT2D eigenvalue weighted by Crippen LogP contribution is -2.44. The Balaban J connectivity index is 2.30. The van der Waals surface area contributed by atoms with E-state index in [1.165, 1.54) is 0 Å². The number of nitrogens with zero attached hydrogens (tertiary/aromatic N) is 1. The fraction of sp³-hybridized carbons (Fsp3) is 1.00. The Bertz CT molecular complexity index is 181. The van der Waals surface area contributed by atoms with Crippen molar-refractivity contribution < 1.29 is 14.6 Å². The van der Waals surface area contributed by atoms with E-state index in [9.17, 15) is 5.11 Å². The Hall–Kier alpha value is -0.160. The third-order valence-electron chi connectivity index (χ3n) is 3.23. The van der Waals surface area contributed by atoms with Crippen molar-refractivity contribution in [1.29, 1.82) is 0 Å². The van der Waals surface area contributed by atoms with Crippen molar-refractivity contribution in [3.8, 4) is 0 Å². The average Bonchev–Trinajstić information content (AvgIpc) is 2.30. The molecule has 1 saturated heterocycles. The van der Waals surface area contributed by atoms with Gasteiger partial charge in [-0.1, -0.05) is 0 Å². The van der Waals surface area contributed by atoms with Gasteiger partial charge in [-0.2, -0.15) is 0 Å². The van der Waals surface area contributed by atoms with Gasteiger partial charge in [-0.3, -0.25) is 0 Å². The molecule has 0 saturated carbocycles. The molecule has 0 aliphatic carbocycles. The summed E-state index contributed by atoms with van der Waals surface area (Å²) >= 11 is 0. The van der Waals surface area contributed by atoms with Gasteiger partial charge in [0.25, 0.3) is 0 Å². The van der Waals surface area contributed by atoms with Crippen LogP contribution < -0.4 is 0 Å². The highest BCUT2D eigenvalue weighted by Crippen LogP contribution is 2.28. The fourth-order valence-corrected chi connectivity index (χ4v) is 2.34. The molecule has 0 radical (unpaired) electrons. The molecule has 0 spiro atoms. The molecule has 1 unspecified atom stereocenters. The quantitative estimate of drug-likeness (QED) is 0.656.